The topological polar surface area (TPSA) is 119 Å². The van der Waals surface area contributed by atoms with Crippen molar-refractivity contribution >= 4 is 22.0 Å². The summed E-state index contributed by atoms with van der Waals surface area (Å²) < 4.78 is 28.0. The first kappa shape index (κ1) is 19.2. The molecule has 2 amide bonds. The summed E-state index contributed by atoms with van der Waals surface area (Å²) in [7, 11) is -3.87. The number of nitrogens with zero attached hydrogens (tertiary/aromatic N) is 1. The molecule has 1 heterocycles. The Labute approximate surface area is 147 Å². The van der Waals surface area contributed by atoms with E-state index in [1.54, 1.807) is 24.8 Å². The maximum atomic E-state index is 12.4. The average molecular weight is 369 g/mol. The monoisotopic (exact) mass is 369 g/mol. The van der Waals surface area contributed by atoms with Crippen molar-refractivity contribution in [1.29, 1.82) is 0 Å². The van der Waals surface area contributed by atoms with Crippen molar-refractivity contribution < 1.29 is 22.7 Å². The standard InChI is InChI=1S/C16H23N3O5S/c1-3-24-16(21)19-6-4-13(5-7-19)18-15(20)12-8-11(2)9-14(10-12)25(17,22)23/h8-10,13H,3-7H2,1-2H3,(H,18,20)(H2,17,22,23). The van der Waals surface area contributed by atoms with Crippen LogP contribution >= 0.6 is 0 Å². The third-order valence-electron chi connectivity index (χ3n) is 4.00. The summed E-state index contributed by atoms with van der Waals surface area (Å²) in [5, 5.41) is 8.02. The minimum Gasteiger partial charge on any atom is -0.450 e. The lowest BCUT2D eigenvalue weighted by Crippen LogP contribution is -2.46. The molecule has 9 heteroatoms. The van der Waals surface area contributed by atoms with E-state index in [4.69, 9.17) is 9.88 Å². The van der Waals surface area contributed by atoms with Crippen LogP contribution in [0.1, 0.15) is 35.7 Å². The second-order valence-corrected chi connectivity index (χ2v) is 7.57. The van der Waals surface area contributed by atoms with Crippen LogP contribution in [0.25, 0.3) is 0 Å². The van der Waals surface area contributed by atoms with Crippen LogP contribution in [-0.2, 0) is 14.8 Å². The number of sulfonamides is 1. The molecule has 0 aromatic heterocycles. The van der Waals surface area contributed by atoms with E-state index in [0.717, 1.165) is 0 Å². The van der Waals surface area contributed by atoms with Crippen LogP contribution in [0.5, 0.6) is 0 Å². The zero-order valence-electron chi connectivity index (χ0n) is 14.3. The Kier molecular flexibility index (Phi) is 6.02. The van der Waals surface area contributed by atoms with Gasteiger partial charge in [-0.2, -0.15) is 0 Å². The largest absolute Gasteiger partial charge is 0.450 e. The summed E-state index contributed by atoms with van der Waals surface area (Å²) in [5.41, 5.74) is 0.880. The number of hydrogen-bond acceptors (Lipinski definition) is 5. The first-order valence-corrected chi connectivity index (χ1v) is 9.62. The molecule has 0 unspecified atom stereocenters. The fraction of sp³-hybridized carbons (Fsp3) is 0.500. The van der Waals surface area contributed by atoms with Crippen molar-refractivity contribution in [2.45, 2.75) is 37.6 Å². The SMILES string of the molecule is CCOC(=O)N1CCC(NC(=O)c2cc(C)cc(S(N)(=O)=O)c2)CC1. The molecule has 8 nitrogen and oxygen atoms in total. The zero-order valence-corrected chi connectivity index (χ0v) is 15.1. The predicted octanol–water partition coefficient (Wildman–Crippen LogP) is 0.993. The van der Waals surface area contributed by atoms with E-state index >= 15 is 0 Å². The normalized spacial score (nSPS) is 15.7. The van der Waals surface area contributed by atoms with E-state index in [9.17, 15) is 18.0 Å². The van der Waals surface area contributed by atoms with Crippen LogP contribution in [0.4, 0.5) is 4.79 Å². The van der Waals surface area contributed by atoms with Crippen molar-refractivity contribution in [1.82, 2.24) is 10.2 Å². The van der Waals surface area contributed by atoms with E-state index < -0.39 is 10.0 Å². The van der Waals surface area contributed by atoms with Gasteiger partial charge in [-0.05, 0) is 50.5 Å². The predicted molar refractivity (Wildman–Crippen MR) is 91.6 cm³/mol. The minimum absolute atomic E-state index is 0.0865. The highest BCUT2D eigenvalue weighted by Gasteiger charge is 2.25. The van der Waals surface area contributed by atoms with Gasteiger partial charge in [-0.3, -0.25) is 4.79 Å². The quantitative estimate of drug-likeness (QED) is 0.820. The van der Waals surface area contributed by atoms with Crippen LogP contribution < -0.4 is 10.5 Å². The van der Waals surface area contributed by atoms with E-state index in [2.05, 4.69) is 5.32 Å². The molecular formula is C16H23N3O5S. The minimum atomic E-state index is -3.87. The van der Waals surface area contributed by atoms with Gasteiger partial charge in [-0.1, -0.05) is 0 Å². The molecule has 138 valence electrons. The van der Waals surface area contributed by atoms with Gasteiger partial charge in [0.25, 0.3) is 5.91 Å². The molecule has 1 aromatic rings. The average Bonchev–Trinajstić information content (AvgIpc) is 2.54. The molecule has 1 aromatic carbocycles. The third kappa shape index (κ3) is 5.17. The molecule has 1 saturated heterocycles. The van der Waals surface area contributed by atoms with E-state index in [1.807, 2.05) is 0 Å². The Morgan fingerprint density at radius 3 is 2.48 bits per heavy atom. The number of nitrogens with one attached hydrogen (secondary N) is 1. The molecule has 0 radical (unpaired) electrons. The number of carbonyl (C=O) groups is 2. The van der Waals surface area contributed by atoms with E-state index in [0.29, 0.717) is 38.1 Å². The van der Waals surface area contributed by atoms with Crippen LogP contribution in [0, 0.1) is 6.92 Å². The number of amides is 2. The lowest BCUT2D eigenvalue weighted by Gasteiger charge is -2.31. The van der Waals surface area contributed by atoms with Crippen molar-refractivity contribution in [2.75, 3.05) is 19.7 Å². The molecule has 25 heavy (non-hydrogen) atoms. The molecule has 1 aliphatic rings. The summed E-state index contributed by atoms with van der Waals surface area (Å²) in [4.78, 5) is 25.6. The van der Waals surface area contributed by atoms with Crippen molar-refractivity contribution in [3.05, 3.63) is 29.3 Å². The maximum absolute atomic E-state index is 12.4. The van der Waals surface area contributed by atoms with Gasteiger partial charge >= 0.3 is 6.09 Å². The van der Waals surface area contributed by atoms with E-state index in [1.165, 1.54) is 12.1 Å². The Morgan fingerprint density at radius 1 is 1.28 bits per heavy atom. The molecule has 1 aliphatic heterocycles. The van der Waals surface area contributed by atoms with Crippen molar-refractivity contribution in [3.8, 4) is 0 Å². The Balaban J connectivity index is 2.00. The molecule has 0 spiro atoms. The van der Waals surface area contributed by atoms with Gasteiger partial charge in [0.15, 0.2) is 0 Å². The number of primary sulfonamides is 1. The number of likely N-dealkylation sites (tertiary alicyclic amines) is 1. The third-order valence-corrected chi connectivity index (χ3v) is 4.89. The van der Waals surface area contributed by atoms with Crippen LogP contribution in [0.3, 0.4) is 0 Å². The van der Waals surface area contributed by atoms with Crippen molar-refractivity contribution in [2.24, 2.45) is 5.14 Å². The Hall–Kier alpha value is -2.13. The molecule has 0 bridgehead atoms. The molecule has 0 atom stereocenters. The second kappa shape index (κ2) is 7.83. The molecule has 0 aliphatic carbocycles. The number of carbonyl (C=O) groups excluding carboxylic acids is 2. The first-order chi connectivity index (χ1) is 11.7. The number of nitrogens with two attached hydrogens (primary N) is 1. The van der Waals surface area contributed by atoms with Crippen molar-refractivity contribution in [3.63, 3.8) is 0 Å². The van der Waals surface area contributed by atoms with Gasteiger partial charge in [-0.25, -0.2) is 18.4 Å². The highest BCUT2D eigenvalue weighted by molar-refractivity contribution is 7.89. The number of ether oxygens (including phenoxy) is 1. The number of benzene rings is 1. The fourth-order valence-corrected chi connectivity index (χ4v) is 3.37. The summed E-state index contributed by atoms with van der Waals surface area (Å²) in [5.74, 6) is -0.358. The smallest absolute Gasteiger partial charge is 0.409 e. The summed E-state index contributed by atoms with van der Waals surface area (Å²) in [6.07, 6.45) is 0.875. The molecule has 1 fully saturated rings. The van der Waals surface area contributed by atoms with Crippen LogP contribution in [0.15, 0.2) is 23.1 Å². The van der Waals surface area contributed by atoms with Gasteiger partial charge in [0.05, 0.1) is 11.5 Å². The summed E-state index contributed by atoms with van der Waals surface area (Å²) in [6, 6.07) is 4.21. The highest BCUT2D eigenvalue weighted by Crippen LogP contribution is 2.16. The Morgan fingerprint density at radius 2 is 1.92 bits per heavy atom. The molecule has 2 rings (SSSR count). The highest BCUT2D eigenvalue weighted by atomic mass is 32.2. The van der Waals surface area contributed by atoms with Gasteiger partial charge in [-0.15, -0.1) is 0 Å². The number of piperidine rings is 1. The fourth-order valence-electron chi connectivity index (χ4n) is 2.73. The molecule has 3 N–H and O–H groups in total. The molecule has 0 saturated carbocycles. The lowest BCUT2D eigenvalue weighted by atomic mass is 10.0. The number of rotatable bonds is 4. The first-order valence-electron chi connectivity index (χ1n) is 8.07. The summed E-state index contributed by atoms with van der Waals surface area (Å²) >= 11 is 0. The van der Waals surface area contributed by atoms with E-state index in [-0.39, 0.29) is 28.5 Å². The van der Waals surface area contributed by atoms with Crippen LogP contribution in [-0.4, -0.2) is 51.1 Å². The molecular weight excluding hydrogens is 346 g/mol. The van der Waals surface area contributed by atoms with Gasteiger partial charge in [0.2, 0.25) is 10.0 Å². The van der Waals surface area contributed by atoms with Gasteiger partial charge in [0, 0.05) is 24.7 Å². The lowest BCUT2D eigenvalue weighted by molar-refractivity contribution is 0.0860. The Bertz CT molecular complexity index is 755. The zero-order chi connectivity index (χ0) is 18.6. The number of aryl methyl sites for hydroxylation is 1. The maximum Gasteiger partial charge on any atom is 0.409 e. The summed E-state index contributed by atoms with van der Waals surface area (Å²) in [6.45, 7) is 4.78. The number of hydrogen-bond donors (Lipinski definition) is 2. The second-order valence-electron chi connectivity index (χ2n) is 6.01. The van der Waals surface area contributed by atoms with Crippen LogP contribution in [0.2, 0.25) is 0 Å². The van der Waals surface area contributed by atoms with Gasteiger partial charge < -0.3 is 15.0 Å². The van der Waals surface area contributed by atoms with Gasteiger partial charge in [0.1, 0.15) is 0 Å².